The first-order valence-corrected chi connectivity index (χ1v) is 18.7. The molecule has 0 aliphatic carbocycles. The van der Waals surface area contributed by atoms with E-state index in [1.807, 2.05) is 123 Å². The molecule has 1 aliphatic heterocycles. The van der Waals surface area contributed by atoms with E-state index in [2.05, 4.69) is 25.6 Å². The van der Waals surface area contributed by atoms with Crippen LogP contribution in [0.5, 0.6) is 28.7 Å². The van der Waals surface area contributed by atoms with Crippen molar-refractivity contribution in [2.24, 2.45) is 0 Å². The molecule has 2 atom stereocenters. The summed E-state index contributed by atoms with van der Waals surface area (Å²) < 4.78 is 41.2. The number of carbonyl (C=O) groups excluding carboxylic acids is 1. The van der Waals surface area contributed by atoms with Gasteiger partial charge in [-0.25, -0.2) is 4.79 Å². The van der Waals surface area contributed by atoms with Gasteiger partial charge in [0, 0.05) is 11.1 Å². The van der Waals surface area contributed by atoms with Gasteiger partial charge in [-0.1, -0.05) is 97.1 Å². The van der Waals surface area contributed by atoms with E-state index in [1.165, 1.54) is 5.56 Å². The summed E-state index contributed by atoms with van der Waals surface area (Å²) in [6, 6.07) is 42.1. The van der Waals surface area contributed by atoms with Crippen LogP contribution in [0.4, 0.5) is 0 Å². The van der Waals surface area contributed by atoms with Gasteiger partial charge < -0.3 is 18.7 Å². The van der Waals surface area contributed by atoms with Crippen molar-refractivity contribution in [1.29, 1.82) is 0 Å². The van der Waals surface area contributed by atoms with E-state index in [0.29, 0.717) is 39.4 Å². The molecule has 1 aliphatic rings. The topological polar surface area (TPSA) is 71.1 Å². The van der Waals surface area contributed by atoms with Gasteiger partial charge in [0.2, 0.25) is 0 Å². The van der Waals surface area contributed by atoms with Crippen molar-refractivity contribution in [3.63, 3.8) is 0 Å². The molecule has 0 saturated heterocycles. The van der Waals surface area contributed by atoms with E-state index in [-0.39, 0.29) is 5.57 Å². The van der Waals surface area contributed by atoms with Crippen LogP contribution in [-0.4, -0.2) is 13.1 Å². The summed E-state index contributed by atoms with van der Waals surface area (Å²) in [6.45, 7) is 11.5. The molecule has 0 fully saturated rings. The van der Waals surface area contributed by atoms with Crippen molar-refractivity contribution in [2.45, 2.75) is 32.9 Å². The number of benzene rings is 6. The Bertz CT molecular complexity index is 2340. The number of esters is 1. The molecule has 7 rings (SSSR count). The van der Waals surface area contributed by atoms with Crippen LogP contribution in [-0.2, 0) is 14.5 Å². The highest BCUT2D eigenvalue weighted by Gasteiger charge is 2.58. The lowest BCUT2D eigenvalue weighted by Gasteiger charge is -2.44. The van der Waals surface area contributed by atoms with Gasteiger partial charge in [0.15, 0.2) is 0 Å². The van der Waals surface area contributed by atoms with E-state index in [1.54, 1.807) is 26.2 Å². The Morgan fingerprint density at radius 1 is 0.673 bits per heavy atom. The Morgan fingerprint density at radius 2 is 1.17 bits per heavy atom. The minimum atomic E-state index is -4.03. The number of hydrogen-bond acceptors (Lipinski definition) is 6. The first kappa shape index (κ1) is 34.6. The van der Waals surface area contributed by atoms with Crippen LogP contribution < -0.4 is 24.0 Å². The fraction of sp³-hybridized carbons (Fsp3) is 0.133. The largest absolute Gasteiger partial charge is 0.497 e. The third kappa shape index (κ3) is 5.89. The first-order valence-electron chi connectivity index (χ1n) is 17.0. The van der Waals surface area contributed by atoms with Gasteiger partial charge in [0.25, 0.3) is 7.37 Å². The van der Waals surface area contributed by atoms with Gasteiger partial charge >= 0.3 is 5.97 Å². The fourth-order valence-corrected chi connectivity index (χ4v) is 10.5. The monoisotopic (exact) mass is 706 g/mol. The second-order valence-electron chi connectivity index (χ2n) is 13.1. The molecule has 0 spiro atoms. The Morgan fingerprint density at radius 3 is 1.73 bits per heavy atom. The number of fused-ring (bicyclic) bond motifs is 3. The molecule has 0 N–H and O–H groups in total. The molecule has 0 saturated carbocycles. The average molecular weight is 707 g/mol. The van der Waals surface area contributed by atoms with Crippen molar-refractivity contribution in [3.8, 4) is 39.9 Å². The zero-order chi connectivity index (χ0) is 36.6. The molecule has 52 heavy (non-hydrogen) atoms. The summed E-state index contributed by atoms with van der Waals surface area (Å²) in [5.41, 5.74) is 7.33. The molecule has 0 aromatic heterocycles. The molecule has 0 bridgehead atoms. The number of hydrogen-bond donors (Lipinski definition) is 0. The highest BCUT2D eigenvalue weighted by Crippen LogP contribution is 2.71. The number of carbonyl (C=O) groups is 1. The second kappa shape index (κ2) is 13.7. The molecule has 2 unspecified atom stereocenters. The van der Waals surface area contributed by atoms with Gasteiger partial charge in [0.1, 0.15) is 33.9 Å². The third-order valence-electron chi connectivity index (χ3n) is 9.50. The lowest BCUT2D eigenvalue weighted by atomic mass is 9.83. The van der Waals surface area contributed by atoms with E-state index >= 15 is 4.57 Å². The molecule has 260 valence electrons. The third-order valence-corrected chi connectivity index (χ3v) is 12.6. The molecule has 6 aromatic rings. The summed E-state index contributed by atoms with van der Waals surface area (Å²) in [5, 5.41) is -0.817. The first-order chi connectivity index (χ1) is 25.0. The Balaban J connectivity index is 1.50. The highest BCUT2D eigenvalue weighted by atomic mass is 31.2. The summed E-state index contributed by atoms with van der Waals surface area (Å²) in [5.74, 6) is 2.42. The van der Waals surface area contributed by atoms with Crippen molar-refractivity contribution in [3.05, 3.63) is 179 Å². The average Bonchev–Trinajstić information content (AvgIpc) is 3.15. The van der Waals surface area contributed by atoms with E-state index < -0.39 is 18.5 Å². The van der Waals surface area contributed by atoms with Crippen LogP contribution in [0, 0.1) is 20.8 Å². The molecule has 7 heteroatoms. The molecule has 1 heterocycles. The van der Waals surface area contributed by atoms with E-state index in [9.17, 15) is 4.79 Å². The Kier molecular flexibility index (Phi) is 9.12. The smallest absolute Gasteiger partial charge is 0.338 e. The van der Waals surface area contributed by atoms with E-state index in [0.717, 1.165) is 33.6 Å². The maximum absolute atomic E-state index is 16.7. The lowest BCUT2D eigenvalue weighted by Crippen LogP contribution is -2.38. The van der Waals surface area contributed by atoms with Gasteiger partial charge in [-0.05, 0) is 110 Å². The molecule has 0 radical (unpaired) electrons. The normalized spacial score (nSPS) is 15.6. The summed E-state index contributed by atoms with van der Waals surface area (Å²) in [4.78, 5) is 12.5. The number of para-hydroxylation sites is 1. The van der Waals surface area contributed by atoms with Gasteiger partial charge in [0.05, 0.1) is 12.4 Å². The maximum Gasteiger partial charge on any atom is 0.338 e. The van der Waals surface area contributed by atoms with Crippen LogP contribution in [0.15, 0.2) is 146 Å². The Labute approximate surface area is 304 Å². The standard InChI is InChI=1S/C45H39O6P/c1-29(2)44(46)50-38-25-19-35(20-26-38)45(33-15-21-36(48-6)22-16-33,34-17-23-37(24-18-34)49-43-31(4)27-30(3)28-32(43)5)52(47)42-14-10-8-12-40(42)39-11-7-9-13-41(39)51-52/h7-28H,1H2,2-6H3. The van der Waals surface area contributed by atoms with Crippen LogP contribution in [0.1, 0.15) is 40.3 Å². The predicted molar refractivity (Wildman–Crippen MR) is 207 cm³/mol. The summed E-state index contributed by atoms with van der Waals surface area (Å²) in [7, 11) is -2.42. The molecule has 6 nitrogen and oxygen atoms in total. The number of rotatable bonds is 9. The van der Waals surface area contributed by atoms with Gasteiger partial charge in [-0.3, -0.25) is 4.57 Å². The van der Waals surface area contributed by atoms with Gasteiger partial charge in [-0.2, -0.15) is 0 Å². The number of ether oxygens (including phenoxy) is 3. The predicted octanol–water partition coefficient (Wildman–Crippen LogP) is 10.8. The highest BCUT2D eigenvalue weighted by molar-refractivity contribution is 7.69. The minimum Gasteiger partial charge on any atom is -0.497 e. The minimum absolute atomic E-state index is 0.283. The summed E-state index contributed by atoms with van der Waals surface area (Å²) >= 11 is 0. The lowest BCUT2D eigenvalue weighted by molar-refractivity contribution is -0.130. The van der Waals surface area contributed by atoms with Gasteiger partial charge in [-0.15, -0.1) is 0 Å². The molecule has 0 amide bonds. The quantitative estimate of drug-likeness (QED) is 0.0490. The van der Waals surface area contributed by atoms with Crippen LogP contribution >= 0.6 is 7.37 Å². The maximum atomic E-state index is 16.7. The van der Waals surface area contributed by atoms with Crippen molar-refractivity contribution < 1.29 is 28.1 Å². The Hall–Kier alpha value is -5.84. The fourth-order valence-electron chi connectivity index (χ4n) is 7.17. The SMILES string of the molecule is C=C(C)C(=O)Oc1ccc(C(c2ccc(OC)cc2)(c2ccc(Oc3c(C)cc(C)cc3C)cc2)P2(=O)Oc3ccccc3-c3ccccc32)cc1. The second-order valence-corrected chi connectivity index (χ2v) is 15.6. The molecular weight excluding hydrogens is 667 g/mol. The van der Waals surface area contributed by atoms with Crippen molar-refractivity contribution in [2.75, 3.05) is 7.11 Å². The van der Waals surface area contributed by atoms with Crippen LogP contribution in [0.3, 0.4) is 0 Å². The van der Waals surface area contributed by atoms with Crippen molar-refractivity contribution >= 4 is 18.6 Å². The zero-order valence-corrected chi connectivity index (χ0v) is 30.7. The molecule has 6 aromatic carbocycles. The zero-order valence-electron chi connectivity index (χ0n) is 29.8. The number of aryl methyl sites for hydroxylation is 3. The number of methoxy groups -OCH3 is 1. The molecular formula is C45H39O6P. The van der Waals surface area contributed by atoms with E-state index in [4.69, 9.17) is 18.7 Å². The van der Waals surface area contributed by atoms with Crippen LogP contribution in [0.25, 0.3) is 11.1 Å². The van der Waals surface area contributed by atoms with Crippen molar-refractivity contribution in [1.82, 2.24) is 0 Å². The van der Waals surface area contributed by atoms with Crippen LogP contribution in [0.2, 0.25) is 0 Å². The summed E-state index contributed by atoms with van der Waals surface area (Å²) in [6.07, 6.45) is 0.